The minimum absolute atomic E-state index is 0.382. The van der Waals surface area contributed by atoms with Gasteiger partial charge in [-0.25, -0.2) is 0 Å². The first-order valence-electron chi connectivity index (χ1n) is 3.80. The van der Waals surface area contributed by atoms with Crippen LogP contribution in [0, 0.1) is 6.07 Å². The van der Waals surface area contributed by atoms with E-state index in [-0.39, 0.29) is 0 Å². The summed E-state index contributed by atoms with van der Waals surface area (Å²) in [5, 5.41) is 4.69. The van der Waals surface area contributed by atoms with Crippen LogP contribution in [0.25, 0.3) is 0 Å². The number of halogens is 2. The lowest BCUT2D eigenvalue weighted by atomic mass is 10.3. The van der Waals surface area contributed by atoms with Crippen LogP contribution in [0.5, 0.6) is 5.75 Å². The van der Waals surface area contributed by atoms with E-state index in [1.54, 1.807) is 18.2 Å². The average Bonchev–Trinajstić information content (AvgIpc) is 2.64. The first-order valence-corrected chi connectivity index (χ1v) is 4.56. The zero-order valence-corrected chi connectivity index (χ0v) is 8.46. The van der Waals surface area contributed by atoms with E-state index in [1.807, 2.05) is 0 Å². The third-order valence-corrected chi connectivity index (χ3v) is 2.13. The fourth-order valence-corrected chi connectivity index (χ4v) is 1.40. The van der Waals surface area contributed by atoms with Crippen LogP contribution in [0.1, 0.15) is 0 Å². The average molecular weight is 228 g/mol. The van der Waals surface area contributed by atoms with Gasteiger partial charge in [0, 0.05) is 6.07 Å². The van der Waals surface area contributed by atoms with Crippen LogP contribution in [0.4, 0.5) is 0 Å². The van der Waals surface area contributed by atoms with Crippen LogP contribution in [0.2, 0.25) is 10.0 Å². The Balaban J connectivity index is 2.33. The minimum atomic E-state index is 0.382. The van der Waals surface area contributed by atoms with Crippen LogP contribution < -0.4 is 4.84 Å². The molecule has 0 aliphatic rings. The van der Waals surface area contributed by atoms with Crippen LogP contribution >= 0.6 is 23.2 Å². The molecule has 5 heteroatoms. The van der Waals surface area contributed by atoms with Gasteiger partial charge in [-0.3, -0.25) is 0 Å². The summed E-state index contributed by atoms with van der Waals surface area (Å²) in [5.41, 5.74) is 0. The van der Waals surface area contributed by atoms with Crippen molar-refractivity contribution in [3.63, 3.8) is 0 Å². The molecule has 2 aromatic rings. The molecule has 0 bridgehead atoms. The molecule has 3 nitrogen and oxygen atoms in total. The van der Waals surface area contributed by atoms with Gasteiger partial charge in [-0.2, -0.15) is 0 Å². The van der Waals surface area contributed by atoms with E-state index in [4.69, 9.17) is 28.0 Å². The van der Waals surface area contributed by atoms with Crippen molar-refractivity contribution in [2.75, 3.05) is 0 Å². The molecule has 0 atom stereocenters. The molecule has 0 amide bonds. The lowest BCUT2D eigenvalue weighted by Crippen LogP contribution is -2.05. The predicted octanol–water partition coefficient (Wildman–Crippen LogP) is 2.83. The van der Waals surface area contributed by atoms with E-state index in [1.165, 1.54) is 17.2 Å². The van der Waals surface area contributed by atoms with Gasteiger partial charge in [0.1, 0.15) is 0 Å². The van der Waals surface area contributed by atoms with Gasteiger partial charge >= 0.3 is 0 Å². The largest absolute Gasteiger partial charge is 0.355 e. The summed E-state index contributed by atoms with van der Waals surface area (Å²) < 4.78 is 0. The Morgan fingerprint density at radius 1 is 1.29 bits per heavy atom. The van der Waals surface area contributed by atoms with Crippen LogP contribution in [-0.4, -0.2) is 9.94 Å². The second-order valence-corrected chi connectivity index (χ2v) is 3.30. The molecule has 2 rings (SSSR count). The Kier molecular flexibility index (Phi) is 2.61. The minimum Gasteiger partial charge on any atom is -0.355 e. The van der Waals surface area contributed by atoms with Crippen molar-refractivity contribution in [3.8, 4) is 5.75 Å². The van der Waals surface area contributed by atoms with Crippen LogP contribution in [0.3, 0.4) is 0 Å². The van der Waals surface area contributed by atoms with Crippen molar-refractivity contribution in [2.45, 2.75) is 0 Å². The van der Waals surface area contributed by atoms with Crippen LogP contribution in [-0.2, 0) is 0 Å². The molecule has 1 aromatic heterocycles. The van der Waals surface area contributed by atoms with E-state index < -0.39 is 0 Å². The highest BCUT2D eigenvalue weighted by molar-refractivity contribution is 6.37. The maximum atomic E-state index is 5.89. The molecule has 0 saturated heterocycles. The highest BCUT2D eigenvalue weighted by Crippen LogP contribution is 2.32. The van der Waals surface area contributed by atoms with Crippen molar-refractivity contribution in [1.29, 1.82) is 0 Å². The predicted molar refractivity (Wildman–Crippen MR) is 53.6 cm³/mol. The van der Waals surface area contributed by atoms with Crippen molar-refractivity contribution < 1.29 is 4.84 Å². The summed E-state index contributed by atoms with van der Waals surface area (Å²) >= 11 is 11.8. The number of aromatic nitrogens is 2. The summed E-state index contributed by atoms with van der Waals surface area (Å²) in [6, 6.07) is 7.85. The third kappa shape index (κ3) is 1.84. The first kappa shape index (κ1) is 9.37. The lowest BCUT2D eigenvalue weighted by Gasteiger charge is -2.07. The summed E-state index contributed by atoms with van der Waals surface area (Å²) in [6.07, 6.45) is 3.00. The Hall–Kier alpha value is -1.19. The van der Waals surface area contributed by atoms with Gasteiger partial charge in [0.25, 0.3) is 0 Å². The molecule has 14 heavy (non-hydrogen) atoms. The normalized spacial score (nSPS) is 10.1. The lowest BCUT2D eigenvalue weighted by molar-refractivity contribution is 0.179. The van der Waals surface area contributed by atoms with Gasteiger partial charge in [-0.15, -0.1) is 5.10 Å². The molecular weight excluding hydrogens is 223 g/mol. The Bertz CT molecular complexity index is 408. The van der Waals surface area contributed by atoms with E-state index in [2.05, 4.69) is 11.2 Å². The number of nitrogens with zero attached hydrogens (tertiary/aromatic N) is 2. The molecule has 1 radical (unpaired) electrons. The van der Waals surface area contributed by atoms with E-state index >= 15 is 0 Å². The van der Waals surface area contributed by atoms with E-state index in [0.29, 0.717) is 15.8 Å². The number of benzene rings is 1. The Labute approximate surface area is 90.8 Å². The molecule has 71 valence electrons. The quantitative estimate of drug-likeness (QED) is 0.790. The Morgan fingerprint density at radius 3 is 2.57 bits per heavy atom. The third-order valence-electron chi connectivity index (χ3n) is 1.53. The topological polar surface area (TPSA) is 27.1 Å². The monoisotopic (exact) mass is 227 g/mol. The standard InChI is InChI=1S/C9H5Cl2N2O/c10-7-3-1-4-8(11)9(7)14-13-6-2-5-12-13/h1,3-6H. The fourth-order valence-electron chi connectivity index (χ4n) is 0.934. The maximum Gasteiger partial charge on any atom is 0.194 e. The highest BCUT2D eigenvalue weighted by Gasteiger charge is 2.07. The van der Waals surface area contributed by atoms with Gasteiger partial charge < -0.3 is 4.84 Å². The van der Waals surface area contributed by atoms with Gasteiger partial charge in [0.2, 0.25) is 0 Å². The summed E-state index contributed by atoms with van der Waals surface area (Å²) in [5.74, 6) is 0.382. The number of hydrogen-bond donors (Lipinski definition) is 0. The van der Waals surface area contributed by atoms with Crippen molar-refractivity contribution in [3.05, 3.63) is 46.7 Å². The van der Waals surface area contributed by atoms with Crippen molar-refractivity contribution in [1.82, 2.24) is 9.94 Å². The molecule has 0 N–H and O–H groups in total. The molecule has 0 aliphatic carbocycles. The van der Waals surface area contributed by atoms with E-state index in [9.17, 15) is 0 Å². The smallest absolute Gasteiger partial charge is 0.194 e. The SMILES string of the molecule is Clc1cccc(Cl)c1On1c[c]cn1. The number of hydrogen-bond acceptors (Lipinski definition) is 2. The molecule has 1 aromatic carbocycles. The first-order chi connectivity index (χ1) is 6.77. The fraction of sp³-hybridized carbons (Fsp3) is 0. The van der Waals surface area contributed by atoms with Gasteiger partial charge in [-0.05, 0) is 12.1 Å². The summed E-state index contributed by atoms with van der Waals surface area (Å²) in [4.78, 5) is 6.52. The van der Waals surface area contributed by atoms with Crippen molar-refractivity contribution >= 4 is 23.2 Å². The Morgan fingerprint density at radius 2 is 2.00 bits per heavy atom. The number of rotatable bonds is 2. The molecule has 0 spiro atoms. The van der Waals surface area contributed by atoms with Gasteiger partial charge in [0.15, 0.2) is 5.75 Å². The maximum absolute atomic E-state index is 5.89. The molecule has 1 heterocycles. The van der Waals surface area contributed by atoms with Gasteiger partial charge in [0.05, 0.1) is 22.4 Å². The van der Waals surface area contributed by atoms with Crippen LogP contribution in [0.15, 0.2) is 30.6 Å². The zero-order chi connectivity index (χ0) is 9.97. The van der Waals surface area contributed by atoms with Gasteiger partial charge in [-0.1, -0.05) is 34.1 Å². The zero-order valence-electron chi connectivity index (χ0n) is 6.95. The summed E-state index contributed by atoms with van der Waals surface area (Å²) in [6.45, 7) is 0. The van der Waals surface area contributed by atoms with Crippen molar-refractivity contribution in [2.24, 2.45) is 0 Å². The number of para-hydroxylation sites is 1. The second kappa shape index (κ2) is 3.90. The molecular formula is C9H5Cl2N2O. The highest BCUT2D eigenvalue weighted by atomic mass is 35.5. The molecule has 0 fully saturated rings. The molecule has 0 aliphatic heterocycles. The van der Waals surface area contributed by atoms with E-state index in [0.717, 1.165) is 0 Å². The second-order valence-electron chi connectivity index (χ2n) is 2.48. The molecule has 0 unspecified atom stereocenters. The summed E-state index contributed by atoms with van der Waals surface area (Å²) in [7, 11) is 0. The molecule has 0 saturated carbocycles.